The standard InChI is InChI=1S/C15H18FN3O/c1-4-13-11(7-9(2)18-19-13)15(17)10-5-6-14(20-3)12(16)8-10/h5-8,15H,4,17H2,1-3H3. The Balaban J connectivity index is 2.43. The summed E-state index contributed by atoms with van der Waals surface area (Å²) in [4.78, 5) is 0. The second kappa shape index (κ2) is 5.96. The van der Waals surface area contributed by atoms with E-state index >= 15 is 0 Å². The van der Waals surface area contributed by atoms with Gasteiger partial charge in [0.2, 0.25) is 0 Å². The molecule has 0 fully saturated rings. The molecule has 0 aliphatic heterocycles. The maximum absolute atomic E-state index is 13.8. The topological polar surface area (TPSA) is 61.0 Å². The molecule has 106 valence electrons. The number of nitrogens with zero attached hydrogens (tertiary/aromatic N) is 2. The first-order valence-corrected chi connectivity index (χ1v) is 6.49. The number of aromatic nitrogens is 2. The Labute approximate surface area is 117 Å². The SMILES string of the molecule is CCc1nnc(C)cc1C(N)c1ccc(OC)c(F)c1. The molecule has 0 radical (unpaired) electrons. The van der Waals surface area contributed by atoms with Crippen LogP contribution in [0.3, 0.4) is 0 Å². The second-order valence-corrected chi connectivity index (χ2v) is 4.61. The van der Waals surface area contributed by atoms with Crippen LogP contribution in [0.5, 0.6) is 5.75 Å². The molecular weight excluding hydrogens is 257 g/mol. The number of halogens is 1. The molecule has 1 aromatic carbocycles. The molecule has 2 aromatic rings. The molecule has 1 heterocycles. The zero-order chi connectivity index (χ0) is 14.7. The van der Waals surface area contributed by atoms with Gasteiger partial charge in [-0.15, -0.1) is 0 Å². The lowest BCUT2D eigenvalue weighted by molar-refractivity contribution is 0.386. The van der Waals surface area contributed by atoms with E-state index in [-0.39, 0.29) is 5.75 Å². The van der Waals surface area contributed by atoms with Crippen molar-refractivity contribution in [3.05, 3.63) is 52.6 Å². The van der Waals surface area contributed by atoms with Crippen LogP contribution < -0.4 is 10.5 Å². The monoisotopic (exact) mass is 275 g/mol. The molecule has 2 N–H and O–H groups in total. The average molecular weight is 275 g/mol. The molecule has 0 spiro atoms. The number of methoxy groups -OCH3 is 1. The molecule has 0 aliphatic carbocycles. The van der Waals surface area contributed by atoms with Gasteiger partial charge in [0.25, 0.3) is 0 Å². The quantitative estimate of drug-likeness (QED) is 0.931. The minimum absolute atomic E-state index is 0.209. The van der Waals surface area contributed by atoms with Gasteiger partial charge in [-0.25, -0.2) is 4.39 Å². The molecule has 5 heteroatoms. The van der Waals surface area contributed by atoms with Gasteiger partial charge in [-0.1, -0.05) is 13.0 Å². The van der Waals surface area contributed by atoms with Crippen LogP contribution >= 0.6 is 0 Å². The van der Waals surface area contributed by atoms with Crippen LogP contribution in [-0.4, -0.2) is 17.3 Å². The number of hydrogen-bond acceptors (Lipinski definition) is 4. The Bertz CT molecular complexity index is 616. The fourth-order valence-corrected chi connectivity index (χ4v) is 2.13. The van der Waals surface area contributed by atoms with Gasteiger partial charge < -0.3 is 10.5 Å². The molecule has 1 unspecified atom stereocenters. The van der Waals surface area contributed by atoms with Gasteiger partial charge in [-0.3, -0.25) is 0 Å². The maximum atomic E-state index is 13.8. The lowest BCUT2D eigenvalue weighted by Gasteiger charge is -2.16. The third-order valence-electron chi connectivity index (χ3n) is 3.23. The summed E-state index contributed by atoms with van der Waals surface area (Å²) in [5, 5.41) is 8.18. The van der Waals surface area contributed by atoms with E-state index in [9.17, 15) is 4.39 Å². The van der Waals surface area contributed by atoms with Crippen molar-refractivity contribution in [1.29, 1.82) is 0 Å². The predicted octanol–water partition coefficient (Wildman–Crippen LogP) is 2.54. The average Bonchev–Trinajstić information content (AvgIpc) is 2.46. The first kappa shape index (κ1) is 14.4. The van der Waals surface area contributed by atoms with E-state index in [1.54, 1.807) is 12.1 Å². The Morgan fingerprint density at radius 2 is 2.05 bits per heavy atom. The number of aryl methyl sites for hydroxylation is 2. The molecule has 1 aromatic heterocycles. The molecule has 0 aliphatic rings. The number of rotatable bonds is 4. The lowest BCUT2D eigenvalue weighted by atomic mass is 9.97. The second-order valence-electron chi connectivity index (χ2n) is 4.61. The number of ether oxygens (including phenoxy) is 1. The van der Waals surface area contributed by atoms with Gasteiger partial charge in [0.1, 0.15) is 0 Å². The summed E-state index contributed by atoms with van der Waals surface area (Å²) < 4.78 is 18.7. The highest BCUT2D eigenvalue weighted by Crippen LogP contribution is 2.26. The van der Waals surface area contributed by atoms with E-state index < -0.39 is 11.9 Å². The Morgan fingerprint density at radius 1 is 1.30 bits per heavy atom. The van der Waals surface area contributed by atoms with Crippen molar-refractivity contribution in [3.63, 3.8) is 0 Å². The summed E-state index contributed by atoms with van der Waals surface area (Å²) in [6.07, 6.45) is 0.731. The van der Waals surface area contributed by atoms with Crippen molar-refractivity contribution in [1.82, 2.24) is 10.2 Å². The van der Waals surface area contributed by atoms with E-state index in [0.29, 0.717) is 5.56 Å². The van der Waals surface area contributed by atoms with Crippen molar-refractivity contribution in [3.8, 4) is 5.75 Å². The lowest BCUT2D eigenvalue weighted by Crippen LogP contribution is -2.16. The molecular formula is C15H18FN3O. The van der Waals surface area contributed by atoms with Crippen molar-refractivity contribution >= 4 is 0 Å². The normalized spacial score (nSPS) is 12.2. The molecule has 0 saturated carbocycles. The molecule has 2 rings (SSSR count). The molecule has 4 nitrogen and oxygen atoms in total. The minimum Gasteiger partial charge on any atom is -0.494 e. The van der Waals surface area contributed by atoms with E-state index in [1.807, 2.05) is 19.9 Å². The largest absolute Gasteiger partial charge is 0.494 e. The van der Waals surface area contributed by atoms with Crippen LogP contribution in [0.15, 0.2) is 24.3 Å². The van der Waals surface area contributed by atoms with Crippen LogP contribution in [0.1, 0.15) is 35.5 Å². The Morgan fingerprint density at radius 3 is 2.65 bits per heavy atom. The summed E-state index contributed by atoms with van der Waals surface area (Å²) in [6, 6.07) is 6.22. The third-order valence-corrected chi connectivity index (χ3v) is 3.23. The maximum Gasteiger partial charge on any atom is 0.165 e. The van der Waals surface area contributed by atoms with E-state index in [4.69, 9.17) is 10.5 Å². The van der Waals surface area contributed by atoms with Crippen molar-refractivity contribution in [2.24, 2.45) is 5.73 Å². The van der Waals surface area contributed by atoms with Gasteiger partial charge in [0.15, 0.2) is 11.6 Å². The fraction of sp³-hybridized carbons (Fsp3) is 0.333. The van der Waals surface area contributed by atoms with Gasteiger partial charge >= 0.3 is 0 Å². The molecule has 0 amide bonds. The van der Waals surface area contributed by atoms with E-state index in [0.717, 1.165) is 23.4 Å². The minimum atomic E-state index is -0.431. The zero-order valence-corrected chi connectivity index (χ0v) is 11.9. The van der Waals surface area contributed by atoms with Gasteiger partial charge in [0, 0.05) is 0 Å². The molecule has 20 heavy (non-hydrogen) atoms. The Kier molecular flexibility index (Phi) is 4.29. The van der Waals surface area contributed by atoms with E-state index in [1.165, 1.54) is 13.2 Å². The van der Waals surface area contributed by atoms with Crippen molar-refractivity contribution in [2.45, 2.75) is 26.3 Å². The first-order chi connectivity index (χ1) is 9.56. The summed E-state index contributed by atoms with van der Waals surface area (Å²) >= 11 is 0. The highest BCUT2D eigenvalue weighted by Gasteiger charge is 2.16. The first-order valence-electron chi connectivity index (χ1n) is 6.49. The van der Waals surface area contributed by atoms with Crippen LogP contribution in [0, 0.1) is 12.7 Å². The van der Waals surface area contributed by atoms with Crippen LogP contribution in [0.25, 0.3) is 0 Å². The highest BCUT2D eigenvalue weighted by molar-refractivity contribution is 5.38. The molecule has 0 saturated heterocycles. The van der Waals surface area contributed by atoms with Gasteiger partial charge in [-0.05, 0) is 42.7 Å². The Hall–Kier alpha value is -2.01. The number of hydrogen-bond donors (Lipinski definition) is 1. The predicted molar refractivity (Wildman–Crippen MR) is 75.1 cm³/mol. The summed E-state index contributed by atoms with van der Waals surface area (Å²) in [5.74, 6) is -0.210. The fourth-order valence-electron chi connectivity index (χ4n) is 2.13. The third kappa shape index (κ3) is 2.77. The van der Waals surface area contributed by atoms with Crippen LogP contribution in [0.4, 0.5) is 4.39 Å². The number of benzene rings is 1. The van der Waals surface area contributed by atoms with Crippen molar-refractivity contribution < 1.29 is 9.13 Å². The molecule has 1 atom stereocenters. The zero-order valence-electron chi connectivity index (χ0n) is 11.9. The summed E-state index contributed by atoms with van der Waals surface area (Å²) in [7, 11) is 1.43. The van der Waals surface area contributed by atoms with Gasteiger partial charge in [-0.2, -0.15) is 10.2 Å². The summed E-state index contributed by atoms with van der Waals surface area (Å²) in [6.45, 7) is 3.85. The molecule has 0 bridgehead atoms. The van der Waals surface area contributed by atoms with Crippen molar-refractivity contribution in [2.75, 3.05) is 7.11 Å². The van der Waals surface area contributed by atoms with Crippen LogP contribution in [-0.2, 0) is 6.42 Å². The van der Waals surface area contributed by atoms with Crippen LogP contribution in [0.2, 0.25) is 0 Å². The summed E-state index contributed by atoms with van der Waals surface area (Å²) in [5.41, 5.74) is 9.44. The van der Waals surface area contributed by atoms with Gasteiger partial charge in [0.05, 0.1) is 24.5 Å². The number of nitrogens with two attached hydrogens (primary N) is 1. The van der Waals surface area contributed by atoms with E-state index in [2.05, 4.69) is 10.2 Å². The highest BCUT2D eigenvalue weighted by atomic mass is 19.1. The smallest absolute Gasteiger partial charge is 0.165 e.